The van der Waals surface area contributed by atoms with Gasteiger partial charge in [0.05, 0.1) is 11.1 Å². The third kappa shape index (κ3) is 1.61. The Balaban J connectivity index is 2.32. The number of hydrogen-bond donors (Lipinski definition) is 2. The Morgan fingerprint density at radius 1 is 1.44 bits per heavy atom. The van der Waals surface area contributed by atoms with Crippen LogP contribution in [0, 0.1) is 6.92 Å². The van der Waals surface area contributed by atoms with Gasteiger partial charge in [-0.25, -0.2) is 4.79 Å². The molecule has 0 saturated carbocycles. The second-order valence-corrected chi connectivity index (χ2v) is 5.11. The minimum absolute atomic E-state index is 0.377. The first-order valence-corrected chi connectivity index (χ1v) is 6.12. The molecule has 0 atom stereocenters. The molecule has 1 aromatic heterocycles. The van der Waals surface area contributed by atoms with Gasteiger partial charge in [0.2, 0.25) is 0 Å². The molecule has 1 aliphatic heterocycles. The number of nitrogens with one attached hydrogen (secondary N) is 1. The highest BCUT2D eigenvalue weighted by atomic mass is 16.4. The van der Waals surface area contributed by atoms with Crippen molar-refractivity contribution < 1.29 is 9.90 Å². The fraction of sp³-hybridized carbons (Fsp3) is 0.357. The van der Waals surface area contributed by atoms with E-state index in [-0.39, 0.29) is 0 Å². The Bertz CT molecular complexity index is 643. The number of carboxylic acid groups (broad SMARTS) is 1. The zero-order valence-corrected chi connectivity index (χ0v) is 10.6. The summed E-state index contributed by atoms with van der Waals surface area (Å²) < 4.78 is 0. The van der Waals surface area contributed by atoms with Crippen molar-refractivity contribution in [3.8, 4) is 0 Å². The first-order valence-electron chi connectivity index (χ1n) is 6.12. The van der Waals surface area contributed by atoms with E-state index in [4.69, 9.17) is 0 Å². The molecule has 2 N–H and O–H groups in total. The van der Waals surface area contributed by atoms with Crippen molar-refractivity contribution in [3.05, 3.63) is 34.5 Å². The molecule has 18 heavy (non-hydrogen) atoms. The molecule has 4 nitrogen and oxygen atoms in total. The minimum Gasteiger partial charge on any atom is -0.478 e. The van der Waals surface area contributed by atoms with Gasteiger partial charge in [-0.3, -0.25) is 0 Å². The Hall–Kier alpha value is -1.81. The molecular weight excluding hydrogens is 228 g/mol. The molecule has 1 aliphatic rings. The van der Waals surface area contributed by atoms with Gasteiger partial charge in [0.1, 0.15) is 0 Å². The number of carboxylic acids is 1. The average Bonchev–Trinajstić information content (AvgIpc) is 2.66. The van der Waals surface area contributed by atoms with E-state index < -0.39 is 5.97 Å². The molecule has 2 aromatic rings. The molecule has 2 heterocycles. The van der Waals surface area contributed by atoms with Crippen LogP contribution in [0.25, 0.3) is 10.9 Å². The quantitative estimate of drug-likeness (QED) is 0.808. The monoisotopic (exact) mass is 244 g/mol. The summed E-state index contributed by atoms with van der Waals surface area (Å²) in [5.74, 6) is -0.865. The largest absolute Gasteiger partial charge is 0.478 e. The van der Waals surface area contributed by atoms with Crippen LogP contribution in [0.5, 0.6) is 0 Å². The summed E-state index contributed by atoms with van der Waals surface area (Å²) in [6, 6.07) is 3.81. The second-order valence-electron chi connectivity index (χ2n) is 5.11. The summed E-state index contributed by atoms with van der Waals surface area (Å²) in [4.78, 5) is 16.9. The lowest BCUT2D eigenvalue weighted by atomic mass is 10.0. The Morgan fingerprint density at radius 2 is 2.22 bits per heavy atom. The summed E-state index contributed by atoms with van der Waals surface area (Å²) in [6.45, 7) is 3.84. The predicted octanol–water partition coefficient (Wildman–Crippen LogP) is 2.16. The number of H-pyrrole nitrogens is 1. The number of fused-ring (bicyclic) bond motifs is 3. The van der Waals surface area contributed by atoms with Crippen LogP contribution in [0.3, 0.4) is 0 Å². The van der Waals surface area contributed by atoms with Gasteiger partial charge in [0, 0.05) is 30.6 Å². The summed E-state index contributed by atoms with van der Waals surface area (Å²) in [5.41, 5.74) is 4.59. The first kappa shape index (κ1) is 11.3. The van der Waals surface area contributed by atoms with Gasteiger partial charge in [-0.1, -0.05) is 0 Å². The number of aromatic carboxylic acids is 1. The third-order valence-corrected chi connectivity index (χ3v) is 3.65. The van der Waals surface area contributed by atoms with Gasteiger partial charge in [0.25, 0.3) is 0 Å². The van der Waals surface area contributed by atoms with Gasteiger partial charge in [-0.15, -0.1) is 0 Å². The smallest absolute Gasteiger partial charge is 0.337 e. The summed E-state index contributed by atoms with van der Waals surface area (Å²) in [6.07, 6.45) is 0.957. The summed E-state index contributed by atoms with van der Waals surface area (Å²) in [5, 5.41) is 10.4. The maximum Gasteiger partial charge on any atom is 0.337 e. The molecule has 0 saturated heterocycles. The molecule has 3 rings (SSSR count). The number of hydrogen-bond acceptors (Lipinski definition) is 2. The standard InChI is InChI=1S/C14H16N2O2/c1-8-5-9-11-7-16(2)4-3-12(11)15-13(9)10(6-8)14(17)18/h5-6,15H,3-4,7H2,1-2H3,(H,17,18). The number of benzene rings is 1. The van der Waals surface area contributed by atoms with E-state index in [9.17, 15) is 9.90 Å². The van der Waals surface area contributed by atoms with E-state index in [0.717, 1.165) is 36.0 Å². The first-order chi connectivity index (χ1) is 8.56. The van der Waals surface area contributed by atoms with E-state index >= 15 is 0 Å². The number of aryl methyl sites for hydroxylation is 1. The molecule has 0 fully saturated rings. The second kappa shape index (κ2) is 3.85. The molecule has 1 aromatic carbocycles. The number of likely N-dealkylation sites (N-methyl/N-ethyl adjacent to an activating group) is 1. The van der Waals surface area contributed by atoms with Crippen LogP contribution in [0.4, 0.5) is 0 Å². The van der Waals surface area contributed by atoms with Gasteiger partial charge in [-0.05, 0) is 37.2 Å². The van der Waals surface area contributed by atoms with Crippen molar-refractivity contribution in [2.24, 2.45) is 0 Å². The van der Waals surface area contributed by atoms with E-state index in [1.165, 1.54) is 11.3 Å². The zero-order valence-electron chi connectivity index (χ0n) is 10.6. The molecule has 0 radical (unpaired) electrons. The molecule has 0 unspecified atom stereocenters. The van der Waals surface area contributed by atoms with Crippen molar-refractivity contribution in [2.75, 3.05) is 13.6 Å². The zero-order chi connectivity index (χ0) is 12.9. The molecule has 94 valence electrons. The topological polar surface area (TPSA) is 56.3 Å². The summed E-state index contributed by atoms with van der Waals surface area (Å²) >= 11 is 0. The maximum absolute atomic E-state index is 11.3. The highest BCUT2D eigenvalue weighted by molar-refractivity contribution is 6.03. The van der Waals surface area contributed by atoms with Gasteiger partial charge in [-0.2, -0.15) is 0 Å². The van der Waals surface area contributed by atoms with E-state index in [0.29, 0.717) is 5.56 Å². The van der Waals surface area contributed by atoms with Gasteiger partial charge < -0.3 is 15.0 Å². The number of rotatable bonds is 1. The van der Waals surface area contributed by atoms with E-state index in [2.05, 4.69) is 23.0 Å². The number of aromatic amines is 1. The average molecular weight is 244 g/mol. The Morgan fingerprint density at radius 3 is 2.94 bits per heavy atom. The molecule has 0 aliphatic carbocycles. The third-order valence-electron chi connectivity index (χ3n) is 3.65. The van der Waals surface area contributed by atoms with E-state index in [1.807, 2.05) is 6.92 Å². The van der Waals surface area contributed by atoms with Crippen LogP contribution >= 0.6 is 0 Å². The lowest BCUT2D eigenvalue weighted by Crippen LogP contribution is -2.25. The van der Waals surface area contributed by atoms with Crippen molar-refractivity contribution in [3.63, 3.8) is 0 Å². The van der Waals surface area contributed by atoms with Crippen molar-refractivity contribution in [1.29, 1.82) is 0 Å². The van der Waals surface area contributed by atoms with Crippen LogP contribution in [0.1, 0.15) is 27.2 Å². The van der Waals surface area contributed by atoms with Crippen molar-refractivity contribution >= 4 is 16.9 Å². The van der Waals surface area contributed by atoms with Crippen molar-refractivity contribution in [2.45, 2.75) is 19.9 Å². The summed E-state index contributed by atoms with van der Waals surface area (Å²) in [7, 11) is 2.09. The van der Waals surface area contributed by atoms with Crippen molar-refractivity contribution in [1.82, 2.24) is 9.88 Å². The Kier molecular flexibility index (Phi) is 2.41. The molecule has 0 spiro atoms. The number of nitrogens with zero attached hydrogens (tertiary/aromatic N) is 1. The maximum atomic E-state index is 11.3. The van der Waals surface area contributed by atoms with Crippen LogP contribution in [0.2, 0.25) is 0 Å². The fourth-order valence-corrected chi connectivity index (χ4v) is 2.76. The predicted molar refractivity (Wildman–Crippen MR) is 70.0 cm³/mol. The Labute approximate surface area is 105 Å². The van der Waals surface area contributed by atoms with Gasteiger partial charge >= 0.3 is 5.97 Å². The van der Waals surface area contributed by atoms with Crippen LogP contribution in [0.15, 0.2) is 12.1 Å². The molecular formula is C14H16N2O2. The SMILES string of the molecule is Cc1cc(C(=O)O)c2[nH]c3c(c2c1)CN(C)CC3. The van der Waals surface area contributed by atoms with Crippen LogP contribution in [-0.4, -0.2) is 34.6 Å². The molecule has 0 bridgehead atoms. The highest BCUT2D eigenvalue weighted by Gasteiger charge is 2.21. The highest BCUT2D eigenvalue weighted by Crippen LogP contribution is 2.30. The van der Waals surface area contributed by atoms with Crippen LogP contribution < -0.4 is 0 Å². The lowest BCUT2D eigenvalue weighted by Gasteiger charge is -2.22. The molecule has 4 heteroatoms. The lowest BCUT2D eigenvalue weighted by molar-refractivity contribution is 0.0698. The fourth-order valence-electron chi connectivity index (χ4n) is 2.76. The van der Waals surface area contributed by atoms with E-state index in [1.54, 1.807) is 6.07 Å². The molecule has 0 amide bonds. The number of aromatic nitrogens is 1. The van der Waals surface area contributed by atoms with Crippen LogP contribution in [-0.2, 0) is 13.0 Å². The van der Waals surface area contributed by atoms with Gasteiger partial charge in [0.15, 0.2) is 0 Å². The number of carbonyl (C=O) groups is 1. The minimum atomic E-state index is -0.865. The normalized spacial score (nSPS) is 15.9.